The molecule has 2 aliphatic heterocycles. The van der Waals surface area contributed by atoms with Gasteiger partial charge in [-0.1, -0.05) is 35.9 Å². The standard InChI is InChI=1S/C30H29ClN4O4/c1-34-13-15-35(16-14-34)30(39)20-6-9-23(10-7-20)32-28(21-4-2-3-19(17-21)5-12-26(36)37)27-24-11-8-22(31)18-25(24)33-29(27)38/h2-4,6-11,17-18,32H,5,12-16H2,1H3,(H,33,38)(H,36,37)/b28-27-. The van der Waals surface area contributed by atoms with Gasteiger partial charge in [-0.05, 0) is 67.1 Å². The van der Waals surface area contributed by atoms with Crippen LogP contribution in [-0.2, 0) is 16.0 Å². The third kappa shape index (κ3) is 5.97. The van der Waals surface area contributed by atoms with Crippen molar-refractivity contribution in [2.75, 3.05) is 43.9 Å². The van der Waals surface area contributed by atoms with Crippen molar-refractivity contribution in [3.05, 3.63) is 94.0 Å². The molecular formula is C30H29ClN4O4. The van der Waals surface area contributed by atoms with E-state index in [4.69, 9.17) is 16.7 Å². The van der Waals surface area contributed by atoms with Crippen LogP contribution < -0.4 is 10.6 Å². The lowest BCUT2D eigenvalue weighted by molar-refractivity contribution is -0.137. The smallest absolute Gasteiger partial charge is 0.303 e. The van der Waals surface area contributed by atoms with Gasteiger partial charge < -0.3 is 25.5 Å². The molecule has 0 atom stereocenters. The van der Waals surface area contributed by atoms with E-state index in [1.807, 2.05) is 48.3 Å². The van der Waals surface area contributed by atoms with Gasteiger partial charge in [-0.15, -0.1) is 0 Å². The largest absolute Gasteiger partial charge is 0.481 e. The minimum absolute atomic E-state index is 0.000312. The molecule has 0 aromatic heterocycles. The lowest BCUT2D eigenvalue weighted by atomic mass is 9.97. The van der Waals surface area contributed by atoms with Gasteiger partial charge >= 0.3 is 5.97 Å². The molecule has 39 heavy (non-hydrogen) atoms. The molecule has 0 saturated carbocycles. The first-order valence-electron chi connectivity index (χ1n) is 12.8. The number of carbonyl (C=O) groups excluding carboxylic acids is 2. The van der Waals surface area contributed by atoms with Crippen LogP contribution in [-0.4, -0.2) is 65.9 Å². The molecule has 9 heteroatoms. The number of piperazine rings is 1. The minimum Gasteiger partial charge on any atom is -0.481 e. The molecule has 2 aliphatic rings. The van der Waals surface area contributed by atoms with Gasteiger partial charge in [-0.3, -0.25) is 14.4 Å². The van der Waals surface area contributed by atoms with E-state index in [0.717, 1.165) is 24.2 Å². The summed E-state index contributed by atoms with van der Waals surface area (Å²) in [6, 6.07) is 20.0. The number of fused-ring (bicyclic) bond motifs is 1. The summed E-state index contributed by atoms with van der Waals surface area (Å²) in [6.07, 6.45) is 0.376. The minimum atomic E-state index is -0.871. The zero-order chi connectivity index (χ0) is 27.5. The molecule has 5 rings (SSSR count). The summed E-state index contributed by atoms with van der Waals surface area (Å²) in [5.41, 5.74) is 5.26. The number of halogens is 1. The third-order valence-corrected chi connectivity index (χ3v) is 7.25. The monoisotopic (exact) mass is 544 g/mol. The van der Waals surface area contributed by atoms with E-state index in [9.17, 15) is 14.4 Å². The normalized spacial score (nSPS) is 16.5. The maximum absolute atomic E-state index is 13.2. The first-order chi connectivity index (χ1) is 18.8. The summed E-state index contributed by atoms with van der Waals surface area (Å²) >= 11 is 6.17. The van der Waals surface area contributed by atoms with Crippen LogP contribution in [0.3, 0.4) is 0 Å². The van der Waals surface area contributed by atoms with Gasteiger partial charge in [-0.2, -0.15) is 0 Å². The van der Waals surface area contributed by atoms with E-state index in [2.05, 4.69) is 15.5 Å². The van der Waals surface area contributed by atoms with Crippen molar-refractivity contribution in [3.63, 3.8) is 0 Å². The average Bonchev–Trinajstić information content (AvgIpc) is 3.25. The maximum atomic E-state index is 13.2. The average molecular weight is 545 g/mol. The van der Waals surface area contributed by atoms with Gasteiger partial charge in [0.15, 0.2) is 0 Å². The number of amides is 2. The number of nitrogens with zero attached hydrogens (tertiary/aromatic N) is 2. The van der Waals surface area contributed by atoms with E-state index in [0.29, 0.717) is 58.3 Å². The fourth-order valence-corrected chi connectivity index (χ4v) is 5.01. The molecular weight excluding hydrogens is 516 g/mol. The molecule has 0 aliphatic carbocycles. The van der Waals surface area contributed by atoms with Crippen LogP contribution in [0.5, 0.6) is 0 Å². The van der Waals surface area contributed by atoms with Crippen molar-refractivity contribution in [1.29, 1.82) is 0 Å². The number of hydrogen-bond acceptors (Lipinski definition) is 5. The number of nitrogens with one attached hydrogen (secondary N) is 2. The molecule has 0 bridgehead atoms. The topological polar surface area (TPSA) is 102 Å². The van der Waals surface area contributed by atoms with Gasteiger partial charge in [0.05, 0.1) is 17.0 Å². The Morgan fingerprint density at radius 2 is 1.72 bits per heavy atom. The van der Waals surface area contributed by atoms with E-state index in [-0.39, 0.29) is 18.2 Å². The maximum Gasteiger partial charge on any atom is 0.303 e. The second-order valence-electron chi connectivity index (χ2n) is 9.79. The summed E-state index contributed by atoms with van der Waals surface area (Å²) in [5.74, 6) is -1.14. The molecule has 0 spiro atoms. The lowest BCUT2D eigenvalue weighted by Crippen LogP contribution is -2.47. The molecule has 3 N–H and O–H groups in total. The van der Waals surface area contributed by atoms with Crippen LogP contribution in [0.1, 0.15) is 33.5 Å². The van der Waals surface area contributed by atoms with Crippen molar-refractivity contribution in [2.24, 2.45) is 0 Å². The quantitative estimate of drug-likeness (QED) is 0.373. The van der Waals surface area contributed by atoms with Crippen molar-refractivity contribution in [2.45, 2.75) is 12.8 Å². The molecule has 0 unspecified atom stereocenters. The van der Waals surface area contributed by atoms with Crippen LogP contribution in [0.15, 0.2) is 66.7 Å². The third-order valence-electron chi connectivity index (χ3n) is 7.01. The number of carboxylic acids is 1. The summed E-state index contributed by atoms with van der Waals surface area (Å²) in [4.78, 5) is 41.4. The van der Waals surface area contributed by atoms with Crippen molar-refractivity contribution < 1.29 is 19.5 Å². The molecule has 2 heterocycles. The fourth-order valence-electron chi connectivity index (χ4n) is 4.84. The van der Waals surface area contributed by atoms with Crippen LogP contribution in [0.2, 0.25) is 5.02 Å². The molecule has 1 fully saturated rings. The number of benzene rings is 3. The first kappa shape index (κ1) is 26.5. The Morgan fingerprint density at radius 1 is 0.974 bits per heavy atom. The Kier molecular flexibility index (Phi) is 7.67. The van der Waals surface area contributed by atoms with Crippen LogP contribution in [0.25, 0.3) is 11.3 Å². The number of anilines is 2. The van der Waals surface area contributed by atoms with Crippen LogP contribution in [0.4, 0.5) is 11.4 Å². The Labute approximate surface area is 231 Å². The van der Waals surface area contributed by atoms with E-state index in [1.165, 1.54) is 0 Å². The van der Waals surface area contributed by atoms with Crippen molar-refractivity contribution in [3.8, 4) is 0 Å². The number of hydrogen-bond donors (Lipinski definition) is 3. The van der Waals surface area contributed by atoms with E-state index < -0.39 is 5.97 Å². The van der Waals surface area contributed by atoms with E-state index in [1.54, 1.807) is 30.3 Å². The Morgan fingerprint density at radius 3 is 2.44 bits per heavy atom. The predicted molar refractivity (Wildman–Crippen MR) is 153 cm³/mol. The van der Waals surface area contributed by atoms with E-state index >= 15 is 0 Å². The van der Waals surface area contributed by atoms with Crippen molar-refractivity contribution in [1.82, 2.24) is 9.80 Å². The van der Waals surface area contributed by atoms with Gasteiger partial charge in [0, 0.05) is 54.4 Å². The highest BCUT2D eigenvalue weighted by molar-refractivity contribution is 6.38. The van der Waals surface area contributed by atoms with Crippen molar-refractivity contribution >= 4 is 52.0 Å². The number of carboxylic acid groups (broad SMARTS) is 1. The zero-order valence-corrected chi connectivity index (χ0v) is 22.3. The van der Waals surface area contributed by atoms with Gasteiger partial charge in [0.2, 0.25) is 0 Å². The number of carbonyl (C=O) groups is 3. The second kappa shape index (κ2) is 11.3. The Balaban J connectivity index is 1.49. The first-order valence-corrected chi connectivity index (χ1v) is 13.2. The Hall–Kier alpha value is -4.14. The molecule has 1 saturated heterocycles. The fraction of sp³-hybridized carbons (Fsp3) is 0.233. The molecule has 3 aromatic rings. The molecule has 3 aromatic carbocycles. The van der Waals surface area contributed by atoms with Gasteiger partial charge in [0.25, 0.3) is 11.8 Å². The molecule has 0 radical (unpaired) electrons. The summed E-state index contributed by atoms with van der Waals surface area (Å²) in [5, 5.41) is 15.9. The molecule has 200 valence electrons. The molecule has 8 nitrogen and oxygen atoms in total. The lowest BCUT2D eigenvalue weighted by Gasteiger charge is -2.32. The summed E-state index contributed by atoms with van der Waals surface area (Å²) in [7, 11) is 2.05. The summed E-state index contributed by atoms with van der Waals surface area (Å²) < 4.78 is 0. The highest BCUT2D eigenvalue weighted by atomic mass is 35.5. The number of likely N-dealkylation sites (N-methyl/N-ethyl adjacent to an activating group) is 1. The SMILES string of the molecule is CN1CCN(C(=O)c2ccc(N/C(=C3\C(=O)Nc4cc(Cl)ccc43)c3cccc(CCC(=O)O)c3)cc2)CC1. The zero-order valence-electron chi connectivity index (χ0n) is 21.5. The second-order valence-corrected chi connectivity index (χ2v) is 10.2. The predicted octanol–water partition coefficient (Wildman–Crippen LogP) is 4.68. The molecule has 2 amide bonds. The van der Waals surface area contributed by atoms with Gasteiger partial charge in [-0.25, -0.2) is 0 Å². The number of aliphatic carboxylic acids is 1. The highest BCUT2D eigenvalue weighted by Gasteiger charge is 2.29. The number of rotatable bonds is 7. The number of aryl methyl sites for hydroxylation is 1. The summed E-state index contributed by atoms with van der Waals surface area (Å²) in [6.45, 7) is 3.09. The van der Waals surface area contributed by atoms with Crippen LogP contribution >= 0.6 is 11.6 Å². The van der Waals surface area contributed by atoms with Crippen LogP contribution in [0, 0.1) is 0 Å². The Bertz CT molecular complexity index is 1460. The highest BCUT2D eigenvalue weighted by Crippen LogP contribution is 2.39. The van der Waals surface area contributed by atoms with Gasteiger partial charge in [0.1, 0.15) is 0 Å².